The summed E-state index contributed by atoms with van der Waals surface area (Å²) < 4.78 is 0. The molecule has 222 valence electrons. The highest BCUT2D eigenvalue weighted by atomic mass is 32.1. The summed E-state index contributed by atoms with van der Waals surface area (Å²) in [6.07, 6.45) is 6.13. The number of anilines is 2. The zero-order chi connectivity index (χ0) is 30.1. The van der Waals surface area contributed by atoms with Gasteiger partial charge in [-0.2, -0.15) is 0 Å². The number of aromatic nitrogens is 2. The van der Waals surface area contributed by atoms with Crippen LogP contribution < -0.4 is 16.2 Å². The molecule has 1 atom stereocenters. The van der Waals surface area contributed by atoms with E-state index in [0.29, 0.717) is 24.5 Å². The number of nitrogens with one attached hydrogen (secondary N) is 3. The minimum absolute atomic E-state index is 0.0459. The highest BCUT2D eigenvalue weighted by Crippen LogP contribution is 2.30. The van der Waals surface area contributed by atoms with Crippen molar-refractivity contribution < 1.29 is 9.59 Å². The molecule has 43 heavy (non-hydrogen) atoms. The van der Waals surface area contributed by atoms with Gasteiger partial charge in [-0.05, 0) is 80.1 Å². The lowest BCUT2D eigenvalue weighted by Crippen LogP contribution is -2.48. The maximum Gasteiger partial charge on any atom is 0.291 e. The molecule has 0 saturated carbocycles. The first-order valence-electron chi connectivity index (χ1n) is 14.7. The number of aromatic amines is 1. The average Bonchev–Trinajstić information content (AvgIpc) is 3.45. The predicted molar refractivity (Wildman–Crippen MR) is 170 cm³/mol. The number of thiophene rings is 1. The van der Waals surface area contributed by atoms with Gasteiger partial charge in [-0.25, -0.2) is 4.98 Å². The molecule has 9 nitrogen and oxygen atoms in total. The second-order valence-corrected chi connectivity index (χ2v) is 12.5. The third kappa shape index (κ3) is 5.98. The van der Waals surface area contributed by atoms with Gasteiger partial charge >= 0.3 is 0 Å². The summed E-state index contributed by atoms with van der Waals surface area (Å²) in [5.41, 5.74) is 6.04. The number of carbonyl (C=O) groups excluding carboxylic acids is 2. The van der Waals surface area contributed by atoms with E-state index in [9.17, 15) is 14.4 Å². The molecular formula is C33H36N6O3S. The summed E-state index contributed by atoms with van der Waals surface area (Å²) in [5.74, 6) is 0.202. The van der Waals surface area contributed by atoms with Crippen molar-refractivity contribution in [2.24, 2.45) is 0 Å². The lowest BCUT2D eigenvalue weighted by atomic mass is 9.99. The molecule has 10 heteroatoms. The summed E-state index contributed by atoms with van der Waals surface area (Å²) in [6.45, 7) is 3.92. The molecule has 2 aliphatic rings. The number of piperazine rings is 1. The van der Waals surface area contributed by atoms with E-state index in [2.05, 4.69) is 31.6 Å². The number of likely N-dealkylation sites (N-methyl/N-ethyl adjacent to an activating group) is 2. The monoisotopic (exact) mass is 596 g/mol. The number of fused-ring (bicyclic) bond motifs is 1. The van der Waals surface area contributed by atoms with Crippen molar-refractivity contribution in [3.05, 3.63) is 97.1 Å². The van der Waals surface area contributed by atoms with Crippen LogP contribution >= 0.6 is 11.3 Å². The molecule has 1 saturated heterocycles. The highest BCUT2D eigenvalue weighted by molar-refractivity contribution is 7.14. The summed E-state index contributed by atoms with van der Waals surface area (Å²) in [5, 5.41) is 6.22. The number of H-pyrrole nitrogens is 1. The van der Waals surface area contributed by atoms with Crippen molar-refractivity contribution in [1.82, 2.24) is 25.1 Å². The SMILES string of the molecule is Cc1c(CNC(=O)c2cc3c(s2)CCCC3)cccc1-c1c[nH]c(=O)c(Nc2ccc(C3C(=O)N(C)CCN3C)cc2)n1. The minimum atomic E-state index is -0.337. The van der Waals surface area contributed by atoms with Gasteiger partial charge in [0.05, 0.1) is 10.6 Å². The maximum absolute atomic E-state index is 12.9. The quantitative estimate of drug-likeness (QED) is 0.283. The zero-order valence-electron chi connectivity index (χ0n) is 24.7. The van der Waals surface area contributed by atoms with Gasteiger partial charge in [0, 0.05) is 49.0 Å². The Bertz CT molecular complexity index is 1700. The normalized spacial score (nSPS) is 17.0. The molecular weight excluding hydrogens is 560 g/mol. The molecule has 3 heterocycles. The Morgan fingerprint density at radius 1 is 1.07 bits per heavy atom. The van der Waals surface area contributed by atoms with Gasteiger partial charge in [-0.3, -0.25) is 19.3 Å². The molecule has 2 amide bonds. The first-order chi connectivity index (χ1) is 20.8. The van der Waals surface area contributed by atoms with Crippen LogP contribution in [-0.2, 0) is 24.2 Å². The van der Waals surface area contributed by atoms with Crippen molar-refractivity contribution in [2.75, 3.05) is 32.5 Å². The number of nitrogens with zero attached hydrogens (tertiary/aromatic N) is 3. The van der Waals surface area contributed by atoms with Gasteiger partial charge < -0.3 is 20.5 Å². The number of rotatable bonds is 7. The fourth-order valence-corrected chi connectivity index (χ4v) is 7.04. The molecule has 0 bridgehead atoms. The lowest BCUT2D eigenvalue weighted by Gasteiger charge is -2.37. The molecule has 1 fully saturated rings. The van der Waals surface area contributed by atoms with Gasteiger partial charge in [0.1, 0.15) is 6.04 Å². The Balaban J connectivity index is 1.17. The van der Waals surface area contributed by atoms with E-state index in [1.54, 1.807) is 22.4 Å². The van der Waals surface area contributed by atoms with Crippen LogP contribution in [0.3, 0.4) is 0 Å². The van der Waals surface area contributed by atoms with Crippen LogP contribution in [0.4, 0.5) is 11.5 Å². The van der Waals surface area contributed by atoms with Crippen LogP contribution in [-0.4, -0.2) is 58.8 Å². The number of carbonyl (C=O) groups is 2. The highest BCUT2D eigenvalue weighted by Gasteiger charge is 2.31. The van der Waals surface area contributed by atoms with Crippen molar-refractivity contribution in [2.45, 2.75) is 45.2 Å². The van der Waals surface area contributed by atoms with Crippen LogP contribution in [0.5, 0.6) is 0 Å². The molecule has 6 rings (SSSR count). The van der Waals surface area contributed by atoms with E-state index in [1.165, 1.54) is 23.3 Å². The van der Waals surface area contributed by atoms with Gasteiger partial charge in [0.25, 0.3) is 11.5 Å². The summed E-state index contributed by atoms with van der Waals surface area (Å²) in [4.78, 5) is 51.8. The van der Waals surface area contributed by atoms with Crippen molar-refractivity contribution >= 4 is 34.7 Å². The Morgan fingerprint density at radius 2 is 1.86 bits per heavy atom. The van der Waals surface area contributed by atoms with Gasteiger partial charge in [0.2, 0.25) is 5.91 Å². The molecule has 4 aromatic rings. The van der Waals surface area contributed by atoms with Crippen LogP contribution in [0, 0.1) is 6.92 Å². The Hall–Kier alpha value is -4.28. The van der Waals surface area contributed by atoms with Crippen LogP contribution in [0.2, 0.25) is 0 Å². The standard InChI is InChI=1S/C33H36N6O3S/c1-20-23(18-34-31(40)28-17-22-7-4-5-10-27(22)43-28)8-6-9-25(20)26-19-35-32(41)30(37-26)36-24-13-11-21(12-14-24)29-33(42)39(3)16-15-38(29)2/h6,8-9,11-14,17,19,29H,4-5,7,10,15-16,18H2,1-3H3,(H,34,40)(H,35,41)(H,36,37). The van der Waals surface area contributed by atoms with Crippen molar-refractivity contribution in [3.8, 4) is 11.3 Å². The van der Waals surface area contributed by atoms with Crippen LogP contribution in [0.1, 0.15) is 55.7 Å². The summed E-state index contributed by atoms with van der Waals surface area (Å²) in [7, 11) is 3.78. The maximum atomic E-state index is 12.9. The van der Waals surface area contributed by atoms with Gasteiger partial charge in [-0.15, -0.1) is 11.3 Å². The second-order valence-electron chi connectivity index (χ2n) is 11.4. The number of amides is 2. The zero-order valence-corrected chi connectivity index (χ0v) is 25.5. The lowest BCUT2D eigenvalue weighted by molar-refractivity contribution is -0.139. The molecule has 0 spiro atoms. The van der Waals surface area contributed by atoms with Crippen LogP contribution in [0.25, 0.3) is 11.3 Å². The predicted octanol–water partition coefficient (Wildman–Crippen LogP) is 4.80. The molecule has 1 aliphatic heterocycles. The molecule has 1 aliphatic carbocycles. The fourth-order valence-electron chi connectivity index (χ4n) is 5.87. The summed E-state index contributed by atoms with van der Waals surface area (Å²) >= 11 is 1.61. The number of aryl methyl sites for hydroxylation is 2. The largest absolute Gasteiger partial charge is 0.347 e. The second kappa shape index (κ2) is 12.1. The average molecular weight is 597 g/mol. The van der Waals surface area contributed by atoms with Crippen LogP contribution in [0.15, 0.2) is 59.5 Å². The molecule has 2 aromatic carbocycles. The van der Waals surface area contributed by atoms with E-state index in [4.69, 9.17) is 0 Å². The number of hydrogen-bond donors (Lipinski definition) is 3. The van der Waals surface area contributed by atoms with E-state index in [-0.39, 0.29) is 29.2 Å². The van der Waals surface area contributed by atoms with E-state index in [1.807, 2.05) is 63.5 Å². The van der Waals surface area contributed by atoms with Gasteiger partial charge in [0.15, 0.2) is 5.82 Å². The molecule has 0 radical (unpaired) electrons. The topological polar surface area (TPSA) is 110 Å². The third-order valence-corrected chi connectivity index (χ3v) is 9.73. The van der Waals surface area contributed by atoms with E-state index < -0.39 is 0 Å². The van der Waals surface area contributed by atoms with Crippen molar-refractivity contribution in [1.29, 1.82) is 0 Å². The van der Waals surface area contributed by atoms with E-state index >= 15 is 0 Å². The smallest absolute Gasteiger partial charge is 0.291 e. The van der Waals surface area contributed by atoms with Gasteiger partial charge in [-0.1, -0.05) is 30.3 Å². The minimum Gasteiger partial charge on any atom is -0.347 e. The first-order valence-corrected chi connectivity index (χ1v) is 15.5. The van der Waals surface area contributed by atoms with Crippen molar-refractivity contribution in [3.63, 3.8) is 0 Å². The Labute approximate surface area is 255 Å². The number of benzene rings is 2. The molecule has 2 aromatic heterocycles. The Kier molecular flexibility index (Phi) is 8.14. The summed E-state index contributed by atoms with van der Waals surface area (Å²) in [6, 6.07) is 15.2. The number of hydrogen-bond acceptors (Lipinski definition) is 7. The molecule has 1 unspecified atom stereocenters. The Morgan fingerprint density at radius 3 is 2.65 bits per heavy atom. The first kappa shape index (κ1) is 28.8. The van der Waals surface area contributed by atoms with E-state index in [0.717, 1.165) is 46.5 Å². The third-order valence-electron chi connectivity index (χ3n) is 8.50. The molecule has 3 N–H and O–H groups in total. The fraction of sp³-hybridized carbons (Fsp3) is 0.333.